The lowest BCUT2D eigenvalue weighted by Crippen LogP contribution is -2.04. The average Bonchev–Trinajstić information content (AvgIpc) is 3.65. The van der Waals surface area contributed by atoms with Crippen molar-refractivity contribution in [3.63, 3.8) is 0 Å². The highest BCUT2D eigenvalue weighted by molar-refractivity contribution is 7.27. The fourth-order valence-corrected chi connectivity index (χ4v) is 8.22. The van der Waals surface area contributed by atoms with Gasteiger partial charge in [-0.3, -0.25) is 9.55 Å². The van der Waals surface area contributed by atoms with Crippen molar-refractivity contribution in [3.8, 4) is 17.2 Å². The topological polar surface area (TPSA) is 43.6 Å². The van der Waals surface area contributed by atoms with Gasteiger partial charge in [0, 0.05) is 65.1 Å². The number of para-hydroxylation sites is 1. The first-order chi connectivity index (χ1) is 21.8. The molecule has 0 aliphatic carbocycles. The monoisotopic (exact) mass is 578 g/mol. The number of thiophene rings is 1. The summed E-state index contributed by atoms with van der Waals surface area (Å²) >= 11 is 1.83. The zero-order valence-corrected chi connectivity index (χ0v) is 24.2. The minimum atomic E-state index is 0.670. The first-order valence-corrected chi connectivity index (χ1v) is 15.5. The van der Waals surface area contributed by atoms with E-state index in [0.29, 0.717) is 5.95 Å². The maximum Gasteiger partial charge on any atom is 0.235 e. The zero-order valence-electron chi connectivity index (χ0n) is 23.4. The van der Waals surface area contributed by atoms with Gasteiger partial charge in [0.1, 0.15) is 0 Å². The molecule has 204 valence electrons. The SMILES string of the molecule is c1ccc(-c2nc(-n3c4ccccc4c4c5ccncc5c5sc6ccccc6c5c43)nc3c2ccc2ccccc23)cc1. The molecule has 0 saturated carbocycles. The molecule has 0 fully saturated rings. The van der Waals surface area contributed by atoms with Crippen LogP contribution in [0.4, 0.5) is 0 Å². The molecule has 0 atom stereocenters. The maximum absolute atomic E-state index is 5.43. The minimum Gasteiger partial charge on any atom is -0.277 e. The first kappa shape index (κ1) is 23.9. The lowest BCUT2D eigenvalue weighted by atomic mass is 10.0. The van der Waals surface area contributed by atoms with Crippen LogP contribution in [0, 0.1) is 0 Å². The van der Waals surface area contributed by atoms with Crippen molar-refractivity contribution in [2.24, 2.45) is 0 Å². The van der Waals surface area contributed by atoms with Gasteiger partial charge < -0.3 is 0 Å². The van der Waals surface area contributed by atoms with Gasteiger partial charge in [-0.05, 0) is 35.0 Å². The van der Waals surface area contributed by atoms with Gasteiger partial charge in [0.15, 0.2) is 0 Å². The quantitative estimate of drug-likeness (QED) is 0.192. The molecule has 0 aliphatic heterocycles. The van der Waals surface area contributed by atoms with Crippen LogP contribution >= 0.6 is 11.3 Å². The van der Waals surface area contributed by atoms with E-state index in [4.69, 9.17) is 9.97 Å². The Kier molecular flexibility index (Phi) is 4.84. The number of fused-ring (bicyclic) bond motifs is 13. The number of nitrogens with zero attached hydrogens (tertiary/aromatic N) is 4. The molecule has 4 nitrogen and oxygen atoms in total. The van der Waals surface area contributed by atoms with Crippen LogP contribution < -0.4 is 0 Å². The molecule has 10 aromatic rings. The van der Waals surface area contributed by atoms with Gasteiger partial charge in [0.2, 0.25) is 5.95 Å². The summed E-state index contributed by atoms with van der Waals surface area (Å²) in [5.41, 5.74) is 5.17. The van der Waals surface area contributed by atoms with Crippen LogP contribution in [-0.4, -0.2) is 19.5 Å². The number of hydrogen-bond acceptors (Lipinski definition) is 4. The number of benzene rings is 6. The molecule has 0 saturated heterocycles. The molecular formula is C39H22N4S. The number of pyridine rings is 1. The molecule has 6 aromatic carbocycles. The Bertz CT molecular complexity index is 2780. The van der Waals surface area contributed by atoms with E-state index < -0.39 is 0 Å². The van der Waals surface area contributed by atoms with E-state index in [9.17, 15) is 0 Å². The first-order valence-electron chi connectivity index (χ1n) is 14.7. The summed E-state index contributed by atoms with van der Waals surface area (Å²) in [6.07, 6.45) is 3.92. The zero-order chi connectivity index (χ0) is 28.8. The van der Waals surface area contributed by atoms with E-state index in [0.717, 1.165) is 44.0 Å². The molecule has 0 spiro atoms. The van der Waals surface area contributed by atoms with Crippen LogP contribution in [0.25, 0.3) is 91.6 Å². The van der Waals surface area contributed by atoms with Crippen molar-refractivity contribution < 1.29 is 0 Å². The number of aromatic nitrogens is 4. The summed E-state index contributed by atoms with van der Waals surface area (Å²) in [6, 6.07) is 42.8. The minimum absolute atomic E-state index is 0.670. The predicted molar refractivity (Wildman–Crippen MR) is 185 cm³/mol. The van der Waals surface area contributed by atoms with Crippen molar-refractivity contribution in [3.05, 3.63) is 134 Å². The highest BCUT2D eigenvalue weighted by Crippen LogP contribution is 2.47. The van der Waals surface area contributed by atoms with Gasteiger partial charge in [-0.15, -0.1) is 11.3 Å². The number of rotatable bonds is 2. The second kappa shape index (κ2) is 8.93. The van der Waals surface area contributed by atoms with E-state index in [1.807, 2.05) is 23.7 Å². The van der Waals surface area contributed by atoms with Crippen molar-refractivity contribution in [2.45, 2.75) is 0 Å². The van der Waals surface area contributed by atoms with Crippen LogP contribution in [0.3, 0.4) is 0 Å². The van der Waals surface area contributed by atoms with Crippen LogP contribution in [0.5, 0.6) is 0 Å². The van der Waals surface area contributed by atoms with Crippen LogP contribution in [-0.2, 0) is 0 Å². The molecule has 4 heterocycles. The highest BCUT2D eigenvalue weighted by atomic mass is 32.1. The third-order valence-electron chi connectivity index (χ3n) is 8.87. The average molecular weight is 579 g/mol. The molecular weight excluding hydrogens is 557 g/mol. The lowest BCUT2D eigenvalue weighted by Gasteiger charge is -2.14. The van der Waals surface area contributed by atoms with E-state index in [1.165, 1.54) is 41.7 Å². The predicted octanol–water partition coefficient (Wildman–Crippen LogP) is 10.5. The molecule has 10 rings (SSSR count). The highest BCUT2D eigenvalue weighted by Gasteiger charge is 2.24. The second-order valence-corrected chi connectivity index (χ2v) is 12.3. The van der Waals surface area contributed by atoms with Gasteiger partial charge in [-0.2, -0.15) is 0 Å². The lowest BCUT2D eigenvalue weighted by molar-refractivity contribution is 1.02. The van der Waals surface area contributed by atoms with Crippen molar-refractivity contribution >= 4 is 85.8 Å². The van der Waals surface area contributed by atoms with Crippen LogP contribution in [0.2, 0.25) is 0 Å². The summed E-state index contributed by atoms with van der Waals surface area (Å²) in [6.45, 7) is 0. The smallest absolute Gasteiger partial charge is 0.235 e. The molecule has 0 amide bonds. The molecule has 0 N–H and O–H groups in total. The fraction of sp³-hybridized carbons (Fsp3) is 0. The van der Waals surface area contributed by atoms with Crippen molar-refractivity contribution in [1.29, 1.82) is 0 Å². The summed E-state index contributed by atoms with van der Waals surface area (Å²) in [5.74, 6) is 0.670. The molecule has 4 aromatic heterocycles. The molecule has 0 unspecified atom stereocenters. The van der Waals surface area contributed by atoms with E-state index >= 15 is 0 Å². The van der Waals surface area contributed by atoms with Gasteiger partial charge in [-0.1, -0.05) is 97.1 Å². The Morgan fingerprint density at radius 1 is 0.545 bits per heavy atom. The molecule has 44 heavy (non-hydrogen) atoms. The second-order valence-electron chi connectivity index (χ2n) is 11.2. The third kappa shape index (κ3) is 3.19. The van der Waals surface area contributed by atoms with Crippen molar-refractivity contribution in [2.75, 3.05) is 0 Å². The van der Waals surface area contributed by atoms with E-state index in [-0.39, 0.29) is 0 Å². The maximum atomic E-state index is 5.43. The normalized spacial score (nSPS) is 12.1. The van der Waals surface area contributed by atoms with Gasteiger partial charge in [0.05, 0.1) is 22.2 Å². The van der Waals surface area contributed by atoms with E-state index in [1.54, 1.807) is 0 Å². The van der Waals surface area contributed by atoms with Gasteiger partial charge in [-0.25, -0.2) is 9.97 Å². The Labute approximate surface area is 255 Å². The Balaban J connectivity index is 1.48. The van der Waals surface area contributed by atoms with E-state index in [2.05, 4.69) is 131 Å². The number of hydrogen-bond donors (Lipinski definition) is 0. The van der Waals surface area contributed by atoms with Gasteiger partial charge in [0.25, 0.3) is 0 Å². The molecule has 5 heteroatoms. The van der Waals surface area contributed by atoms with Crippen LogP contribution in [0.15, 0.2) is 134 Å². The molecule has 0 bridgehead atoms. The summed E-state index contributed by atoms with van der Waals surface area (Å²) in [5, 5.41) is 10.5. The third-order valence-corrected chi connectivity index (χ3v) is 10.1. The Morgan fingerprint density at radius 3 is 2.23 bits per heavy atom. The largest absolute Gasteiger partial charge is 0.277 e. The standard InChI is InChI=1S/C39H22N4S/c1-2-11-24(12-3-1)35-29-19-18-23-10-4-5-13-25(23)36(29)42-39(41-35)43-31-16-8-6-14-27(31)33-26-20-21-40-22-30(26)38-34(37(33)43)28-15-7-9-17-32(28)44-38/h1-22H. The van der Waals surface area contributed by atoms with Gasteiger partial charge >= 0.3 is 0 Å². The summed E-state index contributed by atoms with van der Waals surface area (Å²) in [4.78, 5) is 15.4. The Morgan fingerprint density at radius 2 is 1.32 bits per heavy atom. The fourth-order valence-electron chi connectivity index (χ4n) is 6.99. The Hall–Kier alpha value is -5.65. The molecule has 0 aliphatic rings. The summed E-state index contributed by atoms with van der Waals surface area (Å²) < 4.78 is 4.80. The van der Waals surface area contributed by atoms with Crippen LogP contribution in [0.1, 0.15) is 0 Å². The van der Waals surface area contributed by atoms with Crippen molar-refractivity contribution in [1.82, 2.24) is 19.5 Å². The molecule has 0 radical (unpaired) electrons. The summed E-state index contributed by atoms with van der Waals surface area (Å²) in [7, 11) is 0.